The van der Waals surface area contributed by atoms with Crippen LogP contribution in [-0.2, 0) is 9.53 Å². The third-order valence-electron chi connectivity index (χ3n) is 4.18. The van der Waals surface area contributed by atoms with Gasteiger partial charge in [-0.15, -0.1) is 0 Å². The number of rotatable bonds is 6. The lowest BCUT2D eigenvalue weighted by atomic mass is 10.1. The highest BCUT2D eigenvalue weighted by atomic mass is 16.5. The van der Waals surface area contributed by atoms with Gasteiger partial charge < -0.3 is 10.1 Å². The molecule has 0 aliphatic carbocycles. The van der Waals surface area contributed by atoms with Crippen molar-refractivity contribution in [1.82, 2.24) is 15.1 Å². The number of benzene rings is 2. The number of aromatic nitrogens is 2. The molecule has 0 saturated carbocycles. The van der Waals surface area contributed by atoms with Crippen LogP contribution in [0.3, 0.4) is 0 Å². The van der Waals surface area contributed by atoms with Crippen molar-refractivity contribution in [2.24, 2.45) is 0 Å². The Morgan fingerprint density at radius 2 is 1.70 bits per heavy atom. The van der Waals surface area contributed by atoms with E-state index in [4.69, 9.17) is 4.74 Å². The highest BCUT2D eigenvalue weighted by Gasteiger charge is 2.20. The van der Waals surface area contributed by atoms with Crippen LogP contribution in [0, 0.1) is 0 Å². The average Bonchev–Trinajstić information content (AvgIpc) is 3.23. The zero-order valence-corrected chi connectivity index (χ0v) is 15.2. The van der Waals surface area contributed by atoms with E-state index in [1.807, 2.05) is 49.5 Å². The number of nitrogens with one attached hydrogen (secondary N) is 1. The van der Waals surface area contributed by atoms with Gasteiger partial charge in [-0.2, -0.15) is 5.10 Å². The zero-order chi connectivity index (χ0) is 19.2. The van der Waals surface area contributed by atoms with Gasteiger partial charge in [0.2, 0.25) is 0 Å². The Hall–Kier alpha value is -3.41. The monoisotopic (exact) mass is 363 g/mol. The van der Waals surface area contributed by atoms with Gasteiger partial charge in [0.05, 0.1) is 17.3 Å². The lowest BCUT2D eigenvalue weighted by Crippen LogP contribution is -2.37. The van der Waals surface area contributed by atoms with Crippen molar-refractivity contribution in [3.05, 3.63) is 84.2 Å². The van der Waals surface area contributed by atoms with E-state index in [-0.39, 0.29) is 11.9 Å². The number of ether oxygens (including phenoxy) is 1. The number of nitrogens with zero attached hydrogens (tertiary/aromatic N) is 2. The second-order valence-electron chi connectivity index (χ2n) is 6.19. The van der Waals surface area contributed by atoms with Crippen molar-refractivity contribution >= 4 is 11.9 Å². The molecule has 27 heavy (non-hydrogen) atoms. The molecule has 2 aromatic carbocycles. The SMILES string of the molecule is CC(OC(=O)c1ccc(-n2cccn2)cc1)C(=O)NC(C)c1ccccc1. The fourth-order valence-electron chi connectivity index (χ4n) is 2.61. The normalized spacial score (nSPS) is 12.8. The van der Waals surface area contributed by atoms with E-state index in [2.05, 4.69) is 10.4 Å². The first-order valence-electron chi connectivity index (χ1n) is 8.71. The second-order valence-corrected chi connectivity index (χ2v) is 6.19. The predicted molar refractivity (Wildman–Crippen MR) is 101 cm³/mol. The number of esters is 1. The molecule has 0 aliphatic rings. The molecule has 1 N–H and O–H groups in total. The van der Waals surface area contributed by atoms with Crippen LogP contribution in [-0.4, -0.2) is 27.8 Å². The fourth-order valence-corrected chi connectivity index (χ4v) is 2.61. The van der Waals surface area contributed by atoms with Gasteiger partial charge in [0.25, 0.3) is 5.91 Å². The van der Waals surface area contributed by atoms with Crippen molar-refractivity contribution in [3.8, 4) is 5.69 Å². The van der Waals surface area contributed by atoms with Crippen LogP contribution in [0.25, 0.3) is 5.69 Å². The highest BCUT2D eigenvalue weighted by Crippen LogP contribution is 2.13. The standard InChI is InChI=1S/C21H21N3O3/c1-15(17-7-4-3-5-8-17)23-20(25)16(2)27-21(26)18-9-11-19(12-10-18)24-14-6-13-22-24/h3-16H,1-2H3,(H,23,25). The summed E-state index contributed by atoms with van der Waals surface area (Å²) in [5.41, 5.74) is 2.19. The van der Waals surface area contributed by atoms with Crippen LogP contribution in [0.15, 0.2) is 73.1 Å². The van der Waals surface area contributed by atoms with Crippen molar-refractivity contribution in [1.29, 1.82) is 0 Å². The zero-order valence-electron chi connectivity index (χ0n) is 15.2. The first-order chi connectivity index (χ1) is 13.0. The fraction of sp³-hybridized carbons (Fsp3) is 0.190. The van der Waals surface area contributed by atoms with Crippen molar-refractivity contribution in [2.75, 3.05) is 0 Å². The van der Waals surface area contributed by atoms with Crippen molar-refractivity contribution in [2.45, 2.75) is 26.0 Å². The van der Waals surface area contributed by atoms with Crippen LogP contribution in [0.1, 0.15) is 35.8 Å². The maximum absolute atomic E-state index is 12.3. The summed E-state index contributed by atoms with van der Waals surface area (Å²) in [7, 11) is 0. The van der Waals surface area contributed by atoms with E-state index < -0.39 is 12.1 Å². The summed E-state index contributed by atoms with van der Waals surface area (Å²) in [5.74, 6) is -0.884. The molecule has 6 nitrogen and oxygen atoms in total. The molecule has 3 rings (SSSR count). The summed E-state index contributed by atoms with van der Waals surface area (Å²) < 4.78 is 6.98. The molecular formula is C21H21N3O3. The number of hydrogen-bond donors (Lipinski definition) is 1. The lowest BCUT2D eigenvalue weighted by molar-refractivity contribution is -0.129. The molecule has 0 fully saturated rings. The van der Waals surface area contributed by atoms with Crippen molar-refractivity contribution in [3.63, 3.8) is 0 Å². The smallest absolute Gasteiger partial charge is 0.338 e. The van der Waals surface area contributed by atoms with Gasteiger partial charge >= 0.3 is 5.97 Å². The van der Waals surface area contributed by atoms with Gasteiger partial charge in [-0.1, -0.05) is 30.3 Å². The largest absolute Gasteiger partial charge is 0.449 e. The number of hydrogen-bond acceptors (Lipinski definition) is 4. The van der Waals surface area contributed by atoms with E-state index >= 15 is 0 Å². The Bertz CT molecular complexity index is 890. The minimum absolute atomic E-state index is 0.173. The molecule has 0 radical (unpaired) electrons. The quantitative estimate of drug-likeness (QED) is 0.682. The molecule has 2 atom stereocenters. The number of carbonyl (C=O) groups excluding carboxylic acids is 2. The molecule has 0 saturated heterocycles. The Morgan fingerprint density at radius 3 is 2.33 bits per heavy atom. The number of carbonyl (C=O) groups is 2. The van der Waals surface area contributed by atoms with Gasteiger partial charge in [0.15, 0.2) is 6.10 Å². The molecular weight excluding hydrogens is 342 g/mol. The predicted octanol–water partition coefficient (Wildman–Crippen LogP) is 3.30. The first kappa shape index (κ1) is 18.4. The summed E-state index contributed by atoms with van der Waals surface area (Å²) in [6.07, 6.45) is 2.60. The second kappa shape index (κ2) is 8.31. The summed E-state index contributed by atoms with van der Waals surface area (Å²) in [4.78, 5) is 24.6. The molecule has 1 aromatic heterocycles. The van der Waals surface area contributed by atoms with Gasteiger partial charge in [0, 0.05) is 12.4 Å². The Labute approximate surface area is 157 Å². The molecule has 1 heterocycles. The highest BCUT2D eigenvalue weighted by molar-refractivity contribution is 5.92. The van der Waals surface area contributed by atoms with E-state index in [9.17, 15) is 9.59 Å². The third kappa shape index (κ3) is 4.61. The number of amides is 1. The van der Waals surface area contributed by atoms with E-state index in [0.717, 1.165) is 11.3 Å². The van der Waals surface area contributed by atoms with Crippen LogP contribution in [0.4, 0.5) is 0 Å². The van der Waals surface area contributed by atoms with Gasteiger partial charge in [0.1, 0.15) is 0 Å². The Balaban J connectivity index is 1.57. The van der Waals surface area contributed by atoms with E-state index in [1.165, 1.54) is 0 Å². The minimum atomic E-state index is -0.894. The lowest BCUT2D eigenvalue weighted by Gasteiger charge is -2.18. The van der Waals surface area contributed by atoms with Crippen LogP contribution in [0.5, 0.6) is 0 Å². The summed E-state index contributed by atoms with van der Waals surface area (Å²) in [6, 6.07) is 18.1. The molecule has 1 amide bonds. The molecule has 2 unspecified atom stereocenters. The maximum Gasteiger partial charge on any atom is 0.338 e. The summed E-state index contributed by atoms with van der Waals surface area (Å²) >= 11 is 0. The first-order valence-corrected chi connectivity index (χ1v) is 8.71. The summed E-state index contributed by atoms with van der Waals surface area (Å²) in [6.45, 7) is 3.44. The molecule has 0 aliphatic heterocycles. The van der Waals surface area contributed by atoms with Crippen LogP contribution < -0.4 is 5.32 Å². The summed E-state index contributed by atoms with van der Waals surface area (Å²) in [5, 5.41) is 6.99. The molecule has 0 spiro atoms. The van der Waals surface area contributed by atoms with Gasteiger partial charge in [-0.25, -0.2) is 9.48 Å². The minimum Gasteiger partial charge on any atom is -0.449 e. The molecule has 138 valence electrons. The average molecular weight is 363 g/mol. The van der Waals surface area contributed by atoms with Gasteiger partial charge in [-0.3, -0.25) is 4.79 Å². The molecule has 0 bridgehead atoms. The maximum atomic E-state index is 12.3. The van der Waals surface area contributed by atoms with Crippen LogP contribution in [0.2, 0.25) is 0 Å². The third-order valence-corrected chi connectivity index (χ3v) is 4.18. The molecule has 3 aromatic rings. The van der Waals surface area contributed by atoms with Crippen LogP contribution >= 0.6 is 0 Å². The van der Waals surface area contributed by atoms with E-state index in [1.54, 1.807) is 42.1 Å². The molecule has 6 heteroatoms. The Kier molecular flexibility index (Phi) is 5.66. The Morgan fingerprint density at radius 1 is 1.00 bits per heavy atom. The van der Waals surface area contributed by atoms with Gasteiger partial charge in [-0.05, 0) is 49.7 Å². The van der Waals surface area contributed by atoms with E-state index in [0.29, 0.717) is 5.56 Å². The van der Waals surface area contributed by atoms with Crippen molar-refractivity contribution < 1.29 is 14.3 Å². The topological polar surface area (TPSA) is 73.2 Å².